The van der Waals surface area contributed by atoms with E-state index in [4.69, 9.17) is 0 Å². The first-order chi connectivity index (χ1) is 6.46. The predicted molar refractivity (Wildman–Crippen MR) is 48.8 cm³/mol. The molecule has 0 saturated heterocycles. The average Bonchev–Trinajstić information content (AvgIpc) is 2.44. The predicted octanol–water partition coefficient (Wildman–Crippen LogP) is -0.359. The van der Waals surface area contributed by atoms with Gasteiger partial charge < -0.3 is 4.79 Å². The van der Waals surface area contributed by atoms with Gasteiger partial charge in [0.2, 0.25) is 0 Å². The van der Waals surface area contributed by atoms with E-state index in [0.717, 1.165) is 11.3 Å². The number of imide groups is 1. The van der Waals surface area contributed by atoms with Crippen LogP contribution in [-0.4, -0.2) is 29.7 Å². The van der Waals surface area contributed by atoms with Crippen molar-refractivity contribution in [3.05, 3.63) is 12.2 Å². The van der Waals surface area contributed by atoms with Crippen molar-refractivity contribution >= 4 is 18.1 Å². The topological polar surface area (TPSA) is 66.5 Å². The Kier molecular flexibility index (Phi) is 2.81. The standard InChI is InChI=1S/C9H12N2O3/c1-9(2,6-12)5-10-11-7(13)3-4-8(11)14/h3-4,6,10H,5H2,1-2H3. The van der Waals surface area contributed by atoms with Gasteiger partial charge in [0.05, 0.1) is 0 Å². The van der Waals surface area contributed by atoms with Crippen molar-refractivity contribution in [1.82, 2.24) is 10.4 Å². The van der Waals surface area contributed by atoms with Crippen molar-refractivity contribution in [2.45, 2.75) is 13.8 Å². The first-order valence-corrected chi connectivity index (χ1v) is 4.22. The zero-order valence-electron chi connectivity index (χ0n) is 8.11. The molecule has 5 heteroatoms. The van der Waals surface area contributed by atoms with Crippen LogP contribution >= 0.6 is 0 Å². The molecule has 0 aromatic rings. The summed E-state index contributed by atoms with van der Waals surface area (Å²) in [5, 5.41) is 0.894. The van der Waals surface area contributed by atoms with Gasteiger partial charge in [-0.1, -0.05) is 13.8 Å². The number of aldehydes is 1. The lowest BCUT2D eigenvalue weighted by Crippen LogP contribution is -2.46. The molecule has 1 aliphatic rings. The highest BCUT2D eigenvalue weighted by Gasteiger charge is 2.26. The molecule has 76 valence electrons. The maximum atomic E-state index is 11.1. The first-order valence-electron chi connectivity index (χ1n) is 4.22. The molecule has 0 atom stereocenters. The smallest absolute Gasteiger partial charge is 0.268 e. The molecule has 1 N–H and O–H groups in total. The lowest BCUT2D eigenvalue weighted by molar-refractivity contribution is -0.141. The second-order valence-corrected chi connectivity index (χ2v) is 3.79. The molecule has 0 saturated carbocycles. The summed E-state index contributed by atoms with van der Waals surface area (Å²) < 4.78 is 0. The van der Waals surface area contributed by atoms with Crippen LogP contribution in [0.25, 0.3) is 0 Å². The third-order valence-electron chi connectivity index (χ3n) is 1.82. The van der Waals surface area contributed by atoms with E-state index in [1.807, 2.05) is 0 Å². The van der Waals surface area contributed by atoms with Crippen LogP contribution in [0.5, 0.6) is 0 Å². The highest BCUT2D eigenvalue weighted by molar-refractivity contribution is 6.12. The van der Waals surface area contributed by atoms with Crippen LogP contribution in [-0.2, 0) is 14.4 Å². The van der Waals surface area contributed by atoms with Gasteiger partial charge in [-0.2, -0.15) is 0 Å². The molecule has 0 bridgehead atoms. The van der Waals surface area contributed by atoms with Crippen molar-refractivity contribution in [1.29, 1.82) is 0 Å². The number of nitrogens with one attached hydrogen (secondary N) is 1. The lowest BCUT2D eigenvalue weighted by atomic mass is 9.96. The van der Waals surface area contributed by atoms with Crippen molar-refractivity contribution in [2.24, 2.45) is 5.41 Å². The van der Waals surface area contributed by atoms with Gasteiger partial charge in [-0.25, -0.2) is 10.4 Å². The molecular formula is C9H12N2O3. The summed E-state index contributed by atoms with van der Waals surface area (Å²) in [6.45, 7) is 3.67. The zero-order valence-corrected chi connectivity index (χ0v) is 8.11. The molecule has 0 aromatic heterocycles. The molecule has 0 aliphatic carbocycles. The van der Waals surface area contributed by atoms with Crippen LogP contribution in [0.15, 0.2) is 12.2 Å². The van der Waals surface area contributed by atoms with E-state index < -0.39 is 17.2 Å². The van der Waals surface area contributed by atoms with Crippen LogP contribution < -0.4 is 5.43 Å². The van der Waals surface area contributed by atoms with Crippen molar-refractivity contribution in [2.75, 3.05) is 6.54 Å². The summed E-state index contributed by atoms with van der Waals surface area (Å²) >= 11 is 0. The summed E-state index contributed by atoms with van der Waals surface area (Å²) in [7, 11) is 0. The maximum Gasteiger partial charge on any atom is 0.268 e. The van der Waals surface area contributed by atoms with Gasteiger partial charge in [0, 0.05) is 24.1 Å². The molecule has 14 heavy (non-hydrogen) atoms. The monoisotopic (exact) mass is 196 g/mol. The van der Waals surface area contributed by atoms with Gasteiger partial charge in [0.25, 0.3) is 11.8 Å². The van der Waals surface area contributed by atoms with Gasteiger partial charge in [0.15, 0.2) is 0 Å². The Bertz CT molecular complexity index is 289. The SMILES string of the molecule is CC(C)(C=O)CNN1C(=O)C=CC1=O. The number of nitrogens with zero attached hydrogens (tertiary/aromatic N) is 1. The highest BCUT2D eigenvalue weighted by atomic mass is 16.2. The minimum Gasteiger partial charge on any atom is -0.303 e. The second-order valence-electron chi connectivity index (χ2n) is 3.79. The van der Waals surface area contributed by atoms with E-state index in [1.54, 1.807) is 13.8 Å². The van der Waals surface area contributed by atoms with Crippen LogP contribution in [0, 0.1) is 5.41 Å². The number of hydrazine groups is 1. The van der Waals surface area contributed by atoms with Crippen LogP contribution in [0.2, 0.25) is 0 Å². The van der Waals surface area contributed by atoms with Crippen LogP contribution in [0.1, 0.15) is 13.8 Å². The van der Waals surface area contributed by atoms with Gasteiger partial charge in [-0.05, 0) is 0 Å². The normalized spacial score (nSPS) is 16.6. The summed E-state index contributed by atoms with van der Waals surface area (Å²) in [6.07, 6.45) is 3.14. The van der Waals surface area contributed by atoms with Crippen LogP contribution in [0.4, 0.5) is 0 Å². The quantitative estimate of drug-likeness (QED) is 0.492. The summed E-state index contributed by atoms with van der Waals surface area (Å²) in [6, 6.07) is 0. The lowest BCUT2D eigenvalue weighted by Gasteiger charge is -2.21. The fourth-order valence-corrected chi connectivity index (χ4v) is 0.881. The van der Waals surface area contributed by atoms with E-state index in [-0.39, 0.29) is 6.54 Å². The Morgan fingerprint density at radius 2 is 1.86 bits per heavy atom. The molecule has 1 rings (SSSR count). The fourth-order valence-electron chi connectivity index (χ4n) is 0.881. The zero-order chi connectivity index (χ0) is 10.8. The number of rotatable bonds is 4. The molecule has 0 spiro atoms. The van der Waals surface area contributed by atoms with Crippen molar-refractivity contribution in [3.8, 4) is 0 Å². The van der Waals surface area contributed by atoms with E-state index in [1.165, 1.54) is 12.2 Å². The number of carbonyl (C=O) groups excluding carboxylic acids is 3. The molecule has 0 unspecified atom stereocenters. The molecule has 1 aliphatic heterocycles. The first kappa shape index (κ1) is 10.6. The van der Waals surface area contributed by atoms with Gasteiger partial charge >= 0.3 is 0 Å². The molecule has 0 fully saturated rings. The molecule has 0 aromatic carbocycles. The number of amides is 2. The highest BCUT2D eigenvalue weighted by Crippen LogP contribution is 2.09. The molecule has 1 heterocycles. The third-order valence-corrected chi connectivity index (χ3v) is 1.82. The minimum atomic E-state index is -0.594. The van der Waals surface area contributed by atoms with Gasteiger partial charge in [-0.3, -0.25) is 9.59 Å². The number of carbonyl (C=O) groups is 3. The fraction of sp³-hybridized carbons (Fsp3) is 0.444. The van der Waals surface area contributed by atoms with E-state index >= 15 is 0 Å². The van der Waals surface area contributed by atoms with Crippen LogP contribution in [0.3, 0.4) is 0 Å². The Labute approximate surface area is 81.7 Å². The number of hydrogen-bond acceptors (Lipinski definition) is 4. The summed E-state index contributed by atoms with van der Waals surface area (Å²) in [5.41, 5.74) is 2.02. The summed E-state index contributed by atoms with van der Waals surface area (Å²) in [4.78, 5) is 32.7. The van der Waals surface area contributed by atoms with Crippen molar-refractivity contribution in [3.63, 3.8) is 0 Å². The largest absolute Gasteiger partial charge is 0.303 e. The molecule has 0 radical (unpaired) electrons. The molecular weight excluding hydrogens is 184 g/mol. The Morgan fingerprint density at radius 3 is 2.29 bits per heavy atom. The second kappa shape index (κ2) is 3.71. The maximum absolute atomic E-state index is 11.1. The minimum absolute atomic E-state index is 0.246. The molecule has 2 amide bonds. The number of hydrogen-bond donors (Lipinski definition) is 1. The van der Waals surface area contributed by atoms with Gasteiger partial charge in [-0.15, -0.1) is 0 Å². The van der Waals surface area contributed by atoms with Gasteiger partial charge in [0.1, 0.15) is 6.29 Å². The Balaban J connectivity index is 2.51. The average molecular weight is 196 g/mol. The van der Waals surface area contributed by atoms with Crippen molar-refractivity contribution < 1.29 is 14.4 Å². The van der Waals surface area contributed by atoms with E-state index in [2.05, 4.69) is 5.43 Å². The Morgan fingerprint density at radius 1 is 1.36 bits per heavy atom. The van der Waals surface area contributed by atoms with E-state index in [0.29, 0.717) is 0 Å². The Hall–Kier alpha value is -1.49. The van der Waals surface area contributed by atoms with E-state index in [9.17, 15) is 14.4 Å². The third kappa shape index (κ3) is 2.26. The molecule has 5 nitrogen and oxygen atoms in total. The summed E-state index contributed by atoms with van der Waals surface area (Å²) in [5.74, 6) is -0.812.